The first kappa shape index (κ1) is 19.0. The van der Waals surface area contributed by atoms with Crippen LogP contribution < -0.4 is 0 Å². The van der Waals surface area contributed by atoms with E-state index < -0.39 is 5.60 Å². The Labute approximate surface area is 137 Å². The predicted molar refractivity (Wildman–Crippen MR) is 86.2 cm³/mol. The molecule has 0 aliphatic carbocycles. The highest BCUT2D eigenvalue weighted by Crippen LogP contribution is 2.18. The van der Waals surface area contributed by atoms with Gasteiger partial charge in [-0.1, -0.05) is 13.8 Å². The van der Waals surface area contributed by atoms with Gasteiger partial charge in [-0.2, -0.15) is 0 Å². The number of carbonyl (C=O) groups excluding carboxylic acids is 2. The molecule has 0 bridgehead atoms. The highest BCUT2D eigenvalue weighted by Gasteiger charge is 2.28. The van der Waals surface area contributed by atoms with Crippen molar-refractivity contribution in [2.24, 2.45) is 0 Å². The van der Waals surface area contributed by atoms with Crippen molar-refractivity contribution >= 4 is 12.1 Å². The van der Waals surface area contributed by atoms with E-state index in [1.807, 2.05) is 34.6 Å². The zero-order chi connectivity index (χ0) is 17.6. The highest BCUT2D eigenvalue weighted by molar-refractivity contribution is 5.87. The molecule has 2 rings (SSSR count). The molecule has 1 amide bonds. The molecule has 0 atom stereocenters. The Hall–Kier alpha value is -2.05. The molecule has 0 unspecified atom stereocenters. The van der Waals surface area contributed by atoms with Gasteiger partial charge in [-0.15, -0.1) is 0 Å². The van der Waals surface area contributed by atoms with Gasteiger partial charge in [-0.25, -0.2) is 14.6 Å². The molecule has 1 aromatic heterocycles. The predicted octanol–water partition coefficient (Wildman–Crippen LogP) is 2.84. The number of amides is 1. The molecule has 0 saturated heterocycles. The van der Waals surface area contributed by atoms with Crippen molar-refractivity contribution in [3.8, 4) is 0 Å². The largest absolute Gasteiger partial charge is 0.461 e. The van der Waals surface area contributed by atoms with Crippen LogP contribution in [0.15, 0.2) is 6.20 Å². The first-order valence-corrected chi connectivity index (χ1v) is 8.01. The Morgan fingerprint density at radius 1 is 1.26 bits per heavy atom. The summed E-state index contributed by atoms with van der Waals surface area (Å²) in [4.78, 5) is 29.6. The van der Waals surface area contributed by atoms with Gasteiger partial charge in [-0.3, -0.25) is 4.90 Å². The lowest BCUT2D eigenvalue weighted by molar-refractivity contribution is 0.0193. The van der Waals surface area contributed by atoms with E-state index in [-0.39, 0.29) is 12.1 Å². The summed E-state index contributed by atoms with van der Waals surface area (Å²) in [6.07, 6.45) is 1.13. The van der Waals surface area contributed by atoms with Gasteiger partial charge in [0, 0.05) is 13.1 Å². The molecule has 0 aromatic carbocycles. The smallest absolute Gasteiger partial charge is 0.410 e. The average Bonchev–Trinajstić information content (AvgIpc) is 2.90. The summed E-state index contributed by atoms with van der Waals surface area (Å²) in [5.74, 6) is 0.275. The van der Waals surface area contributed by atoms with E-state index >= 15 is 0 Å². The Morgan fingerprint density at radius 2 is 1.91 bits per heavy atom. The van der Waals surface area contributed by atoms with Crippen molar-refractivity contribution < 1.29 is 19.1 Å². The number of ether oxygens (including phenoxy) is 2. The lowest BCUT2D eigenvalue weighted by atomic mass is 10.2. The molecule has 23 heavy (non-hydrogen) atoms. The number of imidazole rings is 1. The van der Waals surface area contributed by atoms with E-state index in [1.54, 1.807) is 16.4 Å². The number of carbonyl (C=O) groups is 2. The number of rotatable bonds is 2. The fourth-order valence-electron chi connectivity index (χ4n) is 2.11. The van der Waals surface area contributed by atoms with Crippen molar-refractivity contribution in [2.45, 2.75) is 60.2 Å². The van der Waals surface area contributed by atoms with Crippen molar-refractivity contribution in [3.63, 3.8) is 0 Å². The van der Waals surface area contributed by atoms with Crippen LogP contribution in [0, 0.1) is 0 Å². The van der Waals surface area contributed by atoms with Crippen molar-refractivity contribution in [3.05, 3.63) is 17.7 Å². The minimum atomic E-state index is -0.528. The quantitative estimate of drug-likeness (QED) is 0.782. The van der Waals surface area contributed by atoms with Gasteiger partial charge in [-0.05, 0) is 27.7 Å². The van der Waals surface area contributed by atoms with Gasteiger partial charge in [0.1, 0.15) is 17.1 Å². The monoisotopic (exact) mass is 325 g/mol. The van der Waals surface area contributed by atoms with Crippen LogP contribution in [-0.2, 0) is 22.6 Å². The SMILES string of the molecule is CC.CCOC(=O)c1cnc2n1CCN(C(=O)OC(C)(C)C)C2. The Morgan fingerprint density at radius 3 is 2.48 bits per heavy atom. The third-order valence-electron chi connectivity index (χ3n) is 3.00. The van der Waals surface area contributed by atoms with Crippen molar-refractivity contribution in [2.75, 3.05) is 13.2 Å². The Balaban J connectivity index is 0.00000127. The number of hydrogen-bond donors (Lipinski definition) is 0. The molecule has 0 N–H and O–H groups in total. The third-order valence-corrected chi connectivity index (χ3v) is 3.00. The fourth-order valence-corrected chi connectivity index (χ4v) is 2.11. The summed E-state index contributed by atoms with van der Waals surface area (Å²) in [5, 5.41) is 0. The summed E-state index contributed by atoms with van der Waals surface area (Å²) >= 11 is 0. The van der Waals surface area contributed by atoms with Crippen LogP contribution in [-0.4, -0.2) is 45.3 Å². The Kier molecular flexibility index (Phi) is 6.60. The van der Waals surface area contributed by atoms with Crippen LogP contribution >= 0.6 is 0 Å². The number of esters is 1. The molecule has 0 spiro atoms. The lowest BCUT2D eigenvalue weighted by Gasteiger charge is -2.30. The van der Waals surface area contributed by atoms with Gasteiger partial charge < -0.3 is 14.0 Å². The van der Waals surface area contributed by atoms with E-state index in [9.17, 15) is 9.59 Å². The standard InChI is InChI=1S/C14H21N3O4.C2H6/c1-5-20-12(18)10-8-15-11-9-16(6-7-17(10)11)13(19)21-14(2,3)4;1-2/h8H,5-7,9H2,1-4H3;1-2H3. The lowest BCUT2D eigenvalue weighted by Crippen LogP contribution is -2.42. The molecule has 2 heterocycles. The minimum Gasteiger partial charge on any atom is -0.461 e. The zero-order valence-corrected chi connectivity index (χ0v) is 14.9. The first-order chi connectivity index (χ1) is 10.8. The second-order valence-corrected chi connectivity index (χ2v) is 5.83. The van der Waals surface area contributed by atoms with Crippen molar-refractivity contribution in [1.29, 1.82) is 0 Å². The molecule has 0 fully saturated rings. The summed E-state index contributed by atoms with van der Waals surface area (Å²) < 4.78 is 12.1. The summed E-state index contributed by atoms with van der Waals surface area (Å²) in [7, 11) is 0. The van der Waals surface area contributed by atoms with Gasteiger partial charge in [0.25, 0.3) is 0 Å². The fraction of sp³-hybridized carbons (Fsp3) is 0.688. The van der Waals surface area contributed by atoms with Gasteiger partial charge in [0.2, 0.25) is 0 Å². The molecule has 1 aliphatic heterocycles. The maximum atomic E-state index is 12.0. The molecule has 1 aliphatic rings. The summed E-state index contributed by atoms with van der Waals surface area (Å²) in [5.41, 5.74) is -0.101. The first-order valence-electron chi connectivity index (χ1n) is 8.01. The molecule has 7 heteroatoms. The van der Waals surface area contributed by atoms with Crippen LogP contribution in [0.2, 0.25) is 0 Å². The minimum absolute atomic E-state index is 0.323. The summed E-state index contributed by atoms with van der Waals surface area (Å²) in [6.45, 7) is 12.9. The van der Waals surface area contributed by atoms with Crippen LogP contribution in [0.3, 0.4) is 0 Å². The van der Waals surface area contributed by atoms with Crippen molar-refractivity contribution in [1.82, 2.24) is 14.5 Å². The van der Waals surface area contributed by atoms with E-state index in [2.05, 4.69) is 4.98 Å². The number of nitrogens with zero attached hydrogens (tertiary/aromatic N) is 3. The summed E-state index contributed by atoms with van der Waals surface area (Å²) in [6, 6.07) is 0. The molecule has 130 valence electrons. The maximum absolute atomic E-state index is 12.0. The third kappa shape index (κ3) is 4.97. The molecule has 1 aromatic rings. The van der Waals surface area contributed by atoms with Crippen LogP contribution in [0.25, 0.3) is 0 Å². The number of aromatic nitrogens is 2. The van der Waals surface area contributed by atoms with Gasteiger partial charge in [0.05, 0.1) is 19.3 Å². The number of hydrogen-bond acceptors (Lipinski definition) is 5. The molecular formula is C16H27N3O4. The van der Waals surface area contributed by atoms with E-state index in [0.29, 0.717) is 37.8 Å². The molecule has 0 saturated carbocycles. The number of fused-ring (bicyclic) bond motifs is 1. The van der Waals surface area contributed by atoms with E-state index in [4.69, 9.17) is 9.47 Å². The van der Waals surface area contributed by atoms with Gasteiger partial charge >= 0.3 is 12.1 Å². The van der Waals surface area contributed by atoms with Crippen LogP contribution in [0.4, 0.5) is 4.79 Å². The topological polar surface area (TPSA) is 73.7 Å². The van der Waals surface area contributed by atoms with E-state index in [1.165, 1.54) is 6.20 Å². The normalized spacial score (nSPS) is 13.6. The molecule has 7 nitrogen and oxygen atoms in total. The zero-order valence-electron chi connectivity index (χ0n) is 14.9. The second kappa shape index (κ2) is 7.99. The van der Waals surface area contributed by atoms with Gasteiger partial charge in [0.15, 0.2) is 0 Å². The van der Waals surface area contributed by atoms with Crippen LogP contribution in [0.1, 0.15) is 57.9 Å². The van der Waals surface area contributed by atoms with Crippen LogP contribution in [0.5, 0.6) is 0 Å². The molecule has 0 radical (unpaired) electrons. The second-order valence-electron chi connectivity index (χ2n) is 5.83. The molecular weight excluding hydrogens is 298 g/mol. The highest BCUT2D eigenvalue weighted by atomic mass is 16.6. The average molecular weight is 325 g/mol. The van der Waals surface area contributed by atoms with E-state index in [0.717, 1.165) is 0 Å². The maximum Gasteiger partial charge on any atom is 0.410 e. The Bertz CT molecular complexity index is 546.